The van der Waals surface area contributed by atoms with Crippen molar-refractivity contribution in [2.75, 3.05) is 0 Å². The molecule has 0 N–H and O–H groups in total. The zero-order valence-corrected chi connectivity index (χ0v) is 4.86. The molecule has 0 aliphatic rings. The number of pyridine rings is 1. The molecule has 0 spiro atoms. The van der Waals surface area contributed by atoms with Crippen LogP contribution in [0.1, 0.15) is 5.69 Å². The highest BCUT2D eigenvalue weighted by Gasteiger charge is 1.80. The van der Waals surface area contributed by atoms with Crippen LogP contribution in [0, 0.1) is 7.05 Å². The van der Waals surface area contributed by atoms with Gasteiger partial charge in [-0.2, -0.15) is 0 Å². The van der Waals surface area contributed by atoms with Crippen LogP contribution in [0.2, 0.25) is 0 Å². The Kier molecular flexibility index (Phi) is 1.96. The molecule has 0 aliphatic carbocycles. The summed E-state index contributed by atoms with van der Waals surface area (Å²) in [7, 11) is 4.89. The molecule has 0 aliphatic heterocycles. The Morgan fingerprint density at radius 3 is 3.00 bits per heavy atom. The molecule has 0 unspecified atom stereocenters. The Morgan fingerprint density at radius 1 is 1.56 bits per heavy atom. The van der Waals surface area contributed by atoms with E-state index in [1.54, 1.807) is 6.20 Å². The number of nitrogens with zero attached hydrogens (tertiary/aromatic N) is 2. The maximum atomic E-state index is 4.89. The van der Waals surface area contributed by atoms with Crippen molar-refractivity contribution in [3.8, 4) is 0 Å². The van der Waals surface area contributed by atoms with Crippen LogP contribution in [0.15, 0.2) is 29.4 Å². The third-order valence-electron chi connectivity index (χ3n) is 0.895. The largest absolute Gasteiger partial charge is 0.283 e. The molecule has 9 heavy (non-hydrogen) atoms. The fourth-order valence-electron chi connectivity index (χ4n) is 0.529. The third-order valence-corrected chi connectivity index (χ3v) is 0.895. The molecule has 1 rings (SSSR count). The average Bonchev–Trinajstić information content (AvgIpc) is 1.91. The first-order valence-electron chi connectivity index (χ1n) is 2.58. The molecule has 2 radical (unpaired) electrons. The summed E-state index contributed by atoms with van der Waals surface area (Å²) in [6, 6.07) is 5.55. The van der Waals surface area contributed by atoms with E-state index in [2.05, 4.69) is 9.98 Å². The van der Waals surface area contributed by atoms with Crippen molar-refractivity contribution in [3.63, 3.8) is 0 Å². The number of hydrogen-bond acceptors (Lipinski definition) is 2. The van der Waals surface area contributed by atoms with Gasteiger partial charge in [0.1, 0.15) is 0 Å². The number of aliphatic imine (C=N–C) groups is 1. The quantitative estimate of drug-likeness (QED) is 0.508. The summed E-state index contributed by atoms with van der Waals surface area (Å²) >= 11 is 0. The highest BCUT2D eigenvalue weighted by molar-refractivity contribution is 5.76. The first-order chi connectivity index (χ1) is 4.43. The summed E-state index contributed by atoms with van der Waals surface area (Å²) in [5.74, 6) is 0. The lowest BCUT2D eigenvalue weighted by atomic mass is 10.4. The van der Waals surface area contributed by atoms with E-state index in [4.69, 9.17) is 7.05 Å². The minimum Gasteiger partial charge on any atom is -0.283 e. The van der Waals surface area contributed by atoms with Gasteiger partial charge in [-0.3, -0.25) is 9.98 Å². The van der Waals surface area contributed by atoms with Gasteiger partial charge in [-0.15, -0.1) is 0 Å². The van der Waals surface area contributed by atoms with E-state index in [1.165, 1.54) is 6.21 Å². The SMILES string of the molecule is [CH]N=Cc1ccccn1. The van der Waals surface area contributed by atoms with Gasteiger partial charge < -0.3 is 0 Å². The normalized spacial score (nSPS) is 10.3. The lowest BCUT2D eigenvalue weighted by Crippen LogP contribution is -1.82. The number of rotatable bonds is 1. The second-order valence-corrected chi connectivity index (χ2v) is 1.53. The standard InChI is InChI=1S/C7H6N2/c1-8-6-7-4-2-3-5-9-7/h1-6H. The molecule has 44 valence electrons. The van der Waals surface area contributed by atoms with E-state index in [9.17, 15) is 0 Å². The van der Waals surface area contributed by atoms with Crippen LogP contribution < -0.4 is 0 Å². The molecule has 0 bridgehead atoms. The van der Waals surface area contributed by atoms with E-state index in [0.717, 1.165) is 5.69 Å². The van der Waals surface area contributed by atoms with Crippen molar-refractivity contribution in [3.05, 3.63) is 37.1 Å². The molecule has 0 atom stereocenters. The summed E-state index contributed by atoms with van der Waals surface area (Å²) in [5.41, 5.74) is 0.778. The van der Waals surface area contributed by atoms with E-state index < -0.39 is 0 Å². The molecule has 1 heterocycles. The molecule has 1 aromatic rings. The van der Waals surface area contributed by atoms with Crippen molar-refractivity contribution in [1.29, 1.82) is 0 Å². The third kappa shape index (κ3) is 1.64. The van der Waals surface area contributed by atoms with Crippen molar-refractivity contribution in [2.24, 2.45) is 4.99 Å². The van der Waals surface area contributed by atoms with Crippen molar-refractivity contribution in [1.82, 2.24) is 4.98 Å². The minimum absolute atomic E-state index is 0.778. The first-order valence-corrected chi connectivity index (χ1v) is 2.58. The van der Waals surface area contributed by atoms with Gasteiger partial charge in [-0.05, 0) is 12.1 Å². The van der Waals surface area contributed by atoms with Gasteiger partial charge in [0.05, 0.1) is 12.7 Å². The fourth-order valence-corrected chi connectivity index (χ4v) is 0.529. The highest BCUT2D eigenvalue weighted by atomic mass is 14.7. The molecule has 0 aromatic carbocycles. The lowest BCUT2D eigenvalue weighted by molar-refractivity contribution is 1.30. The minimum atomic E-state index is 0.778. The van der Waals surface area contributed by atoms with Crippen LogP contribution >= 0.6 is 0 Å². The van der Waals surface area contributed by atoms with Gasteiger partial charge in [0.25, 0.3) is 0 Å². The van der Waals surface area contributed by atoms with Gasteiger partial charge in [0.15, 0.2) is 0 Å². The van der Waals surface area contributed by atoms with E-state index in [-0.39, 0.29) is 0 Å². The lowest BCUT2D eigenvalue weighted by Gasteiger charge is -1.85. The zero-order chi connectivity index (χ0) is 6.53. The smallest absolute Gasteiger partial charge is 0.0990 e. The van der Waals surface area contributed by atoms with E-state index >= 15 is 0 Å². The Balaban J connectivity index is 2.85. The Labute approximate surface area is 54.3 Å². The highest BCUT2D eigenvalue weighted by Crippen LogP contribution is 1.86. The van der Waals surface area contributed by atoms with Crippen molar-refractivity contribution < 1.29 is 0 Å². The van der Waals surface area contributed by atoms with E-state index in [0.29, 0.717) is 0 Å². The van der Waals surface area contributed by atoms with Crippen LogP contribution in [0.25, 0.3) is 0 Å². The van der Waals surface area contributed by atoms with Crippen LogP contribution in [-0.2, 0) is 0 Å². The van der Waals surface area contributed by atoms with Gasteiger partial charge in [0.2, 0.25) is 0 Å². The van der Waals surface area contributed by atoms with Crippen LogP contribution in [0.4, 0.5) is 0 Å². The number of hydrogen-bond donors (Lipinski definition) is 0. The molecular weight excluding hydrogens is 112 g/mol. The number of aromatic nitrogens is 1. The van der Waals surface area contributed by atoms with Crippen LogP contribution in [0.5, 0.6) is 0 Å². The van der Waals surface area contributed by atoms with Crippen molar-refractivity contribution in [2.45, 2.75) is 0 Å². The second-order valence-electron chi connectivity index (χ2n) is 1.53. The Hall–Kier alpha value is -1.18. The summed E-state index contributed by atoms with van der Waals surface area (Å²) in [6.45, 7) is 0. The molecule has 0 amide bonds. The van der Waals surface area contributed by atoms with Crippen LogP contribution in [-0.4, -0.2) is 11.2 Å². The Morgan fingerprint density at radius 2 is 2.44 bits per heavy atom. The molecular formula is C7H6N2. The second kappa shape index (κ2) is 2.97. The predicted molar refractivity (Wildman–Crippen MR) is 36.1 cm³/mol. The maximum Gasteiger partial charge on any atom is 0.0990 e. The average molecular weight is 118 g/mol. The summed E-state index contributed by atoms with van der Waals surface area (Å²) in [4.78, 5) is 7.26. The molecule has 1 aromatic heterocycles. The summed E-state index contributed by atoms with van der Waals surface area (Å²) in [5, 5.41) is 0. The monoisotopic (exact) mass is 118 g/mol. The zero-order valence-electron chi connectivity index (χ0n) is 4.86. The predicted octanol–water partition coefficient (Wildman–Crippen LogP) is 1.17. The van der Waals surface area contributed by atoms with Crippen molar-refractivity contribution >= 4 is 6.21 Å². The molecule has 0 saturated heterocycles. The topological polar surface area (TPSA) is 25.2 Å². The Bertz CT molecular complexity index is 191. The molecule has 0 saturated carbocycles. The molecule has 2 heteroatoms. The van der Waals surface area contributed by atoms with Gasteiger partial charge in [-0.1, -0.05) is 6.07 Å². The van der Waals surface area contributed by atoms with E-state index in [1.807, 2.05) is 18.2 Å². The fraction of sp³-hybridized carbons (Fsp3) is 0. The van der Waals surface area contributed by atoms with Gasteiger partial charge in [-0.25, -0.2) is 0 Å². The van der Waals surface area contributed by atoms with Gasteiger partial charge in [0, 0.05) is 12.4 Å². The van der Waals surface area contributed by atoms with Crippen LogP contribution in [0.3, 0.4) is 0 Å². The first kappa shape index (κ1) is 5.95. The summed E-state index contributed by atoms with van der Waals surface area (Å²) in [6.07, 6.45) is 3.19. The summed E-state index contributed by atoms with van der Waals surface area (Å²) < 4.78 is 0. The molecule has 0 fully saturated rings. The van der Waals surface area contributed by atoms with Gasteiger partial charge >= 0.3 is 0 Å². The maximum absolute atomic E-state index is 4.89. The molecule has 2 nitrogen and oxygen atoms in total.